The molecule has 1 amide bonds. The molecule has 0 unspecified atom stereocenters. The van der Waals surface area contributed by atoms with Gasteiger partial charge >= 0.3 is 0 Å². The predicted octanol–water partition coefficient (Wildman–Crippen LogP) is 4.75. The minimum atomic E-state index is -0.242. The average molecular weight is 415 g/mol. The summed E-state index contributed by atoms with van der Waals surface area (Å²) in [6.45, 7) is 0.904. The molecule has 5 nitrogen and oxygen atoms in total. The zero-order chi connectivity index (χ0) is 21.4. The van der Waals surface area contributed by atoms with Crippen LogP contribution in [0.1, 0.15) is 23.7 Å². The first-order chi connectivity index (χ1) is 15.1. The van der Waals surface area contributed by atoms with E-state index >= 15 is 0 Å². The van der Waals surface area contributed by atoms with Crippen LogP contribution in [-0.2, 0) is 11.3 Å². The first-order valence-corrected chi connectivity index (χ1v) is 10.3. The summed E-state index contributed by atoms with van der Waals surface area (Å²) in [7, 11) is 1.62. The van der Waals surface area contributed by atoms with Crippen LogP contribution in [0.4, 0.5) is 10.1 Å². The second kappa shape index (κ2) is 7.87. The molecule has 1 aliphatic heterocycles. The maximum absolute atomic E-state index is 14.4. The van der Waals surface area contributed by atoms with Crippen molar-refractivity contribution in [2.24, 2.45) is 0 Å². The van der Waals surface area contributed by atoms with Gasteiger partial charge in [0.05, 0.1) is 24.7 Å². The molecule has 2 heterocycles. The van der Waals surface area contributed by atoms with Gasteiger partial charge in [-0.15, -0.1) is 0 Å². The zero-order valence-corrected chi connectivity index (χ0v) is 17.2. The number of amides is 1. The van der Waals surface area contributed by atoms with Crippen LogP contribution in [0.15, 0.2) is 72.8 Å². The summed E-state index contributed by atoms with van der Waals surface area (Å²) < 4.78 is 21.7. The molecule has 0 N–H and O–H groups in total. The molecule has 1 fully saturated rings. The number of anilines is 1. The molecule has 0 spiro atoms. The molecule has 31 heavy (non-hydrogen) atoms. The van der Waals surface area contributed by atoms with E-state index in [1.165, 1.54) is 6.07 Å². The Labute approximate surface area is 179 Å². The maximum atomic E-state index is 14.4. The van der Waals surface area contributed by atoms with Crippen molar-refractivity contribution in [3.63, 3.8) is 0 Å². The van der Waals surface area contributed by atoms with Crippen LogP contribution in [0.2, 0.25) is 0 Å². The standard InChI is InChI=1S/C25H22FN3O2/c1-31-20-12-10-19(11-13-20)28-16-18(14-24(28)30)25-27-22-8-4-5-9-23(22)29(25)15-17-6-2-3-7-21(17)26/h2-13,18H,14-16H2,1H3/t18-/m1/s1. The topological polar surface area (TPSA) is 47.4 Å². The number of benzene rings is 3. The van der Waals surface area contributed by atoms with Crippen LogP contribution in [0, 0.1) is 5.82 Å². The Morgan fingerprint density at radius 1 is 1.03 bits per heavy atom. The minimum absolute atomic E-state index is 0.0552. The first-order valence-electron chi connectivity index (χ1n) is 10.3. The van der Waals surface area contributed by atoms with Crippen molar-refractivity contribution >= 4 is 22.6 Å². The second-order valence-corrected chi connectivity index (χ2v) is 7.74. The van der Waals surface area contributed by atoms with E-state index in [2.05, 4.69) is 0 Å². The quantitative estimate of drug-likeness (QED) is 0.473. The lowest BCUT2D eigenvalue weighted by Crippen LogP contribution is -2.24. The largest absolute Gasteiger partial charge is 0.497 e. The number of hydrogen-bond acceptors (Lipinski definition) is 3. The molecule has 1 atom stereocenters. The van der Waals surface area contributed by atoms with Gasteiger partial charge in [0.25, 0.3) is 0 Å². The number of carbonyl (C=O) groups is 1. The van der Waals surface area contributed by atoms with E-state index in [9.17, 15) is 9.18 Å². The summed E-state index contributed by atoms with van der Waals surface area (Å²) in [6.07, 6.45) is 0.368. The summed E-state index contributed by atoms with van der Waals surface area (Å²) in [4.78, 5) is 19.5. The summed E-state index contributed by atoms with van der Waals surface area (Å²) >= 11 is 0. The highest BCUT2D eigenvalue weighted by Gasteiger charge is 2.35. The van der Waals surface area contributed by atoms with Crippen molar-refractivity contribution in [2.45, 2.75) is 18.9 Å². The predicted molar refractivity (Wildman–Crippen MR) is 118 cm³/mol. The lowest BCUT2D eigenvalue weighted by atomic mass is 10.1. The molecular weight excluding hydrogens is 393 g/mol. The van der Waals surface area contributed by atoms with Crippen LogP contribution in [0.25, 0.3) is 11.0 Å². The zero-order valence-electron chi connectivity index (χ0n) is 17.2. The van der Waals surface area contributed by atoms with E-state index in [-0.39, 0.29) is 17.6 Å². The van der Waals surface area contributed by atoms with Gasteiger partial charge in [-0.3, -0.25) is 4.79 Å². The number of rotatable bonds is 5. The summed E-state index contributed by atoms with van der Waals surface area (Å²) in [6, 6.07) is 22.1. The fourth-order valence-electron chi connectivity index (χ4n) is 4.26. The number of methoxy groups -OCH3 is 1. The summed E-state index contributed by atoms with van der Waals surface area (Å²) in [5.74, 6) is 1.30. The van der Waals surface area contributed by atoms with Crippen molar-refractivity contribution in [3.8, 4) is 5.75 Å². The van der Waals surface area contributed by atoms with Gasteiger partial charge in [0, 0.05) is 30.1 Å². The Morgan fingerprint density at radius 2 is 1.77 bits per heavy atom. The average Bonchev–Trinajstić information content (AvgIpc) is 3.36. The molecule has 3 aromatic carbocycles. The minimum Gasteiger partial charge on any atom is -0.497 e. The molecule has 0 radical (unpaired) electrons. The van der Waals surface area contributed by atoms with Gasteiger partial charge in [0.15, 0.2) is 0 Å². The Hall–Kier alpha value is -3.67. The normalized spacial score (nSPS) is 16.3. The van der Waals surface area contributed by atoms with Gasteiger partial charge in [0.2, 0.25) is 5.91 Å². The smallest absolute Gasteiger partial charge is 0.227 e. The number of imidazole rings is 1. The second-order valence-electron chi connectivity index (χ2n) is 7.74. The van der Waals surface area contributed by atoms with Crippen LogP contribution in [-0.4, -0.2) is 29.1 Å². The molecule has 0 saturated carbocycles. The number of halogens is 1. The number of carbonyl (C=O) groups excluding carboxylic acids is 1. The van der Waals surface area contributed by atoms with Crippen molar-refractivity contribution in [1.82, 2.24) is 9.55 Å². The van der Waals surface area contributed by atoms with Gasteiger partial charge in [-0.25, -0.2) is 9.37 Å². The molecule has 156 valence electrons. The maximum Gasteiger partial charge on any atom is 0.227 e. The lowest BCUT2D eigenvalue weighted by Gasteiger charge is -2.18. The van der Waals surface area contributed by atoms with Crippen molar-refractivity contribution in [2.75, 3.05) is 18.6 Å². The van der Waals surface area contributed by atoms with E-state index in [0.29, 0.717) is 25.1 Å². The molecule has 4 aromatic rings. The number of ether oxygens (including phenoxy) is 1. The molecule has 1 aromatic heterocycles. The molecule has 6 heteroatoms. The van der Waals surface area contributed by atoms with Crippen LogP contribution in [0.5, 0.6) is 5.75 Å². The third-order valence-corrected chi connectivity index (χ3v) is 5.84. The van der Waals surface area contributed by atoms with Crippen molar-refractivity contribution in [1.29, 1.82) is 0 Å². The molecule has 1 aliphatic rings. The lowest BCUT2D eigenvalue weighted by molar-refractivity contribution is -0.117. The third-order valence-electron chi connectivity index (χ3n) is 5.84. The molecule has 1 saturated heterocycles. The Morgan fingerprint density at radius 3 is 2.55 bits per heavy atom. The van der Waals surface area contributed by atoms with E-state index in [0.717, 1.165) is 28.3 Å². The monoisotopic (exact) mass is 415 g/mol. The van der Waals surface area contributed by atoms with Gasteiger partial charge < -0.3 is 14.2 Å². The van der Waals surface area contributed by atoms with E-state index < -0.39 is 0 Å². The summed E-state index contributed by atoms with van der Waals surface area (Å²) in [5.41, 5.74) is 3.23. The van der Waals surface area contributed by atoms with Crippen molar-refractivity contribution in [3.05, 3.63) is 90.0 Å². The van der Waals surface area contributed by atoms with Gasteiger partial charge in [0.1, 0.15) is 17.4 Å². The Balaban J connectivity index is 1.51. The van der Waals surface area contributed by atoms with E-state index in [1.807, 2.05) is 59.2 Å². The summed E-state index contributed by atoms with van der Waals surface area (Å²) in [5, 5.41) is 0. The number of aromatic nitrogens is 2. The Kier molecular flexibility index (Phi) is 4.90. The molecule has 5 rings (SSSR count). The van der Waals surface area contributed by atoms with Crippen LogP contribution in [0.3, 0.4) is 0 Å². The molecular formula is C25H22FN3O2. The van der Waals surface area contributed by atoms with Crippen LogP contribution < -0.4 is 9.64 Å². The third kappa shape index (κ3) is 3.54. The Bertz CT molecular complexity index is 1250. The fourth-order valence-corrected chi connectivity index (χ4v) is 4.26. The van der Waals surface area contributed by atoms with Crippen molar-refractivity contribution < 1.29 is 13.9 Å². The van der Waals surface area contributed by atoms with E-state index in [4.69, 9.17) is 9.72 Å². The van der Waals surface area contributed by atoms with Crippen LogP contribution >= 0.6 is 0 Å². The van der Waals surface area contributed by atoms with E-state index in [1.54, 1.807) is 24.1 Å². The highest BCUT2D eigenvalue weighted by Crippen LogP contribution is 2.34. The van der Waals surface area contributed by atoms with Gasteiger partial charge in [-0.05, 0) is 42.5 Å². The first kappa shape index (κ1) is 19.3. The van der Waals surface area contributed by atoms with Gasteiger partial charge in [-0.2, -0.15) is 0 Å². The van der Waals surface area contributed by atoms with Gasteiger partial charge in [-0.1, -0.05) is 30.3 Å². The molecule has 0 bridgehead atoms. The molecule has 0 aliphatic carbocycles. The number of fused-ring (bicyclic) bond motifs is 1. The number of hydrogen-bond donors (Lipinski definition) is 0. The number of para-hydroxylation sites is 2. The number of nitrogens with zero attached hydrogens (tertiary/aromatic N) is 3. The highest BCUT2D eigenvalue weighted by atomic mass is 19.1. The highest BCUT2D eigenvalue weighted by molar-refractivity contribution is 5.96. The fraction of sp³-hybridized carbons (Fsp3) is 0.200. The SMILES string of the molecule is COc1ccc(N2C[C@H](c3nc4ccccc4n3Cc3ccccc3F)CC2=O)cc1.